The van der Waals surface area contributed by atoms with Gasteiger partial charge in [-0.05, 0) is 37.1 Å². The van der Waals surface area contributed by atoms with Crippen LogP contribution < -0.4 is 11.1 Å². The van der Waals surface area contributed by atoms with Gasteiger partial charge in [-0.1, -0.05) is 24.6 Å². The maximum absolute atomic E-state index is 12.0. The molecule has 1 amide bonds. The van der Waals surface area contributed by atoms with Crippen LogP contribution in [0.4, 0.5) is 5.13 Å². The molecule has 126 valence electrons. The molecule has 4 nitrogen and oxygen atoms in total. The molecule has 23 heavy (non-hydrogen) atoms. The van der Waals surface area contributed by atoms with E-state index in [0.717, 1.165) is 21.9 Å². The molecule has 2 unspecified atom stereocenters. The third-order valence-electron chi connectivity index (χ3n) is 3.66. The summed E-state index contributed by atoms with van der Waals surface area (Å²) >= 11 is 7.45. The lowest BCUT2D eigenvalue weighted by molar-refractivity contribution is -0.119. The van der Waals surface area contributed by atoms with Gasteiger partial charge < -0.3 is 11.1 Å². The third kappa shape index (κ3) is 5.46. The van der Waals surface area contributed by atoms with Crippen molar-refractivity contribution in [3.63, 3.8) is 0 Å². The van der Waals surface area contributed by atoms with E-state index in [9.17, 15) is 4.79 Å². The largest absolute Gasteiger partial charge is 0.327 e. The molecule has 1 aromatic carbocycles. The van der Waals surface area contributed by atoms with Crippen LogP contribution in [0.2, 0.25) is 5.02 Å². The number of hydrogen-bond donors (Lipinski definition) is 2. The van der Waals surface area contributed by atoms with Gasteiger partial charge in [-0.15, -0.1) is 23.7 Å². The van der Waals surface area contributed by atoms with Gasteiger partial charge in [0.05, 0.1) is 5.92 Å². The molecule has 2 atom stereocenters. The summed E-state index contributed by atoms with van der Waals surface area (Å²) < 4.78 is 0. The fraction of sp³-hybridized carbons (Fsp3) is 0.375. The Bertz CT molecular complexity index is 673. The van der Waals surface area contributed by atoms with E-state index in [0.29, 0.717) is 5.13 Å². The molecule has 0 bridgehead atoms. The Morgan fingerprint density at radius 3 is 2.74 bits per heavy atom. The number of nitrogens with zero attached hydrogens (tertiary/aromatic N) is 1. The van der Waals surface area contributed by atoms with Crippen molar-refractivity contribution in [3.05, 3.63) is 45.4 Å². The monoisotopic (exact) mass is 373 g/mol. The first kappa shape index (κ1) is 19.9. The molecule has 2 rings (SSSR count). The van der Waals surface area contributed by atoms with E-state index < -0.39 is 0 Å². The molecule has 3 N–H and O–H groups in total. The lowest BCUT2D eigenvalue weighted by Crippen LogP contribution is -2.34. The van der Waals surface area contributed by atoms with Gasteiger partial charge in [0.25, 0.3) is 0 Å². The molecule has 0 spiro atoms. The summed E-state index contributed by atoms with van der Waals surface area (Å²) in [5.41, 5.74) is 8.09. The highest BCUT2D eigenvalue weighted by molar-refractivity contribution is 7.15. The predicted molar refractivity (Wildman–Crippen MR) is 99.8 cm³/mol. The molecular weight excluding hydrogens is 353 g/mol. The van der Waals surface area contributed by atoms with Crippen molar-refractivity contribution >= 4 is 46.4 Å². The molecule has 0 radical (unpaired) electrons. The molecule has 0 saturated carbocycles. The predicted octanol–water partition coefficient (Wildman–Crippen LogP) is 4.04. The van der Waals surface area contributed by atoms with Crippen molar-refractivity contribution < 1.29 is 4.79 Å². The van der Waals surface area contributed by atoms with E-state index in [1.54, 1.807) is 6.20 Å². The van der Waals surface area contributed by atoms with Crippen molar-refractivity contribution in [1.29, 1.82) is 0 Å². The highest BCUT2D eigenvalue weighted by Gasteiger charge is 2.18. The number of nitrogens with one attached hydrogen (secondary N) is 1. The van der Waals surface area contributed by atoms with Gasteiger partial charge in [0.15, 0.2) is 5.13 Å². The number of halogens is 2. The first-order valence-electron chi connectivity index (χ1n) is 7.13. The van der Waals surface area contributed by atoms with Crippen LogP contribution in [0.25, 0.3) is 0 Å². The molecule has 0 aliphatic rings. The van der Waals surface area contributed by atoms with E-state index >= 15 is 0 Å². The quantitative estimate of drug-likeness (QED) is 0.830. The number of carbonyl (C=O) groups is 1. The number of thiazole rings is 1. The van der Waals surface area contributed by atoms with Crippen LogP contribution in [0.15, 0.2) is 24.4 Å². The minimum atomic E-state index is -0.245. The standard InChI is InChI=1S/C16H20ClN3OS.ClH/c1-9-6-13(17)5-4-12(9)7-14-8-19-16(22-14)20-15(21)10(2)11(3)18;/h4-6,8,10-11H,7,18H2,1-3H3,(H,19,20,21);1H. The number of benzene rings is 1. The van der Waals surface area contributed by atoms with Crippen LogP contribution in [0.5, 0.6) is 0 Å². The van der Waals surface area contributed by atoms with Gasteiger partial charge in [-0.25, -0.2) is 4.98 Å². The molecule has 0 aliphatic heterocycles. The highest BCUT2D eigenvalue weighted by Crippen LogP contribution is 2.24. The summed E-state index contributed by atoms with van der Waals surface area (Å²) in [6.45, 7) is 5.67. The number of amides is 1. The Morgan fingerprint density at radius 1 is 1.43 bits per heavy atom. The first-order chi connectivity index (χ1) is 10.4. The average Bonchev–Trinajstić information content (AvgIpc) is 2.88. The van der Waals surface area contributed by atoms with Crippen LogP contribution in [0.1, 0.15) is 29.9 Å². The van der Waals surface area contributed by atoms with E-state index in [-0.39, 0.29) is 30.3 Å². The number of aryl methyl sites for hydroxylation is 1. The second-order valence-corrected chi connectivity index (χ2v) is 7.07. The Morgan fingerprint density at radius 2 is 2.13 bits per heavy atom. The van der Waals surface area contributed by atoms with Crippen molar-refractivity contribution in [2.45, 2.75) is 33.2 Å². The zero-order valence-corrected chi connectivity index (χ0v) is 15.7. The molecule has 0 fully saturated rings. The Kier molecular flexibility index (Phi) is 7.48. The summed E-state index contributed by atoms with van der Waals surface area (Å²) in [6, 6.07) is 5.67. The van der Waals surface area contributed by atoms with Gasteiger partial charge in [0, 0.05) is 28.6 Å². The average molecular weight is 374 g/mol. The van der Waals surface area contributed by atoms with Gasteiger partial charge >= 0.3 is 0 Å². The SMILES string of the molecule is Cc1cc(Cl)ccc1Cc1cnc(NC(=O)C(C)C(C)N)s1.Cl. The maximum atomic E-state index is 12.0. The summed E-state index contributed by atoms with van der Waals surface area (Å²) in [5.74, 6) is -0.343. The normalized spacial score (nSPS) is 13.1. The number of carbonyl (C=O) groups excluding carboxylic acids is 1. The maximum Gasteiger partial charge on any atom is 0.230 e. The lowest BCUT2D eigenvalue weighted by Gasteiger charge is -2.13. The molecule has 0 aliphatic carbocycles. The van der Waals surface area contributed by atoms with Crippen molar-refractivity contribution in [2.75, 3.05) is 5.32 Å². The van der Waals surface area contributed by atoms with Gasteiger partial charge in [-0.2, -0.15) is 0 Å². The van der Waals surface area contributed by atoms with E-state index in [1.807, 2.05) is 39.0 Å². The van der Waals surface area contributed by atoms with Crippen molar-refractivity contribution in [2.24, 2.45) is 11.7 Å². The molecular formula is C16H21Cl2N3OS. The lowest BCUT2D eigenvalue weighted by atomic mass is 10.0. The molecule has 7 heteroatoms. The minimum absolute atomic E-state index is 0. The second-order valence-electron chi connectivity index (χ2n) is 5.52. The van der Waals surface area contributed by atoms with Gasteiger partial charge in [0.2, 0.25) is 5.91 Å². The first-order valence-corrected chi connectivity index (χ1v) is 8.32. The third-order valence-corrected chi connectivity index (χ3v) is 4.80. The number of nitrogens with two attached hydrogens (primary N) is 1. The van der Waals surface area contributed by atoms with Crippen LogP contribution in [0.3, 0.4) is 0 Å². The number of anilines is 1. The summed E-state index contributed by atoms with van der Waals surface area (Å²) in [6.07, 6.45) is 2.57. The van der Waals surface area contributed by atoms with Gasteiger partial charge in [0.1, 0.15) is 0 Å². The van der Waals surface area contributed by atoms with Crippen molar-refractivity contribution in [1.82, 2.24) is 4.98 Å². The molecule has 2 aromatic rings. The van der Waals surface area contributed by atoms with Crippen LogP contribution in [-0.4, -0.2) is 16.9 Å². The summed E-state index contributed by atoms with van der Waals surface area (Å²) in [5, 5.41) is 4.17. The van der Waals surface area contributed by atoms with E-state index in [1.165, 1.54) is 16.9 Å². The molecule has 1 aromatic heterocycles. The smallest absolute Gasteiger partial charge is 0.230 e. The minimum Gasteiger partial charge on any atom is -0.327 e. The van der Waals surface area contributed by atoms with Crippen LogP contribution in [-0.2, 0) is 11.2 Å². The van der Waals surface area contributed by atoms with E-state index in [2.05, 4.69) is 10.3 Å². The highest BCUT2D eigenvalue weighted by atomic mass is 35.5. The molecule has 0 saturated heterocycles. The summed E-state index contributed by atoms with van der Waals surface area (Å²) in [7, 11) is 0. The second kappa shape index (κ2) is 8.64. The zero-order chi connectivity index (χ0) is 16.3. The molecule has 1 heterocycles. The zero-order valence-electron chi connectivity index (χ0n) is 13.3. The van der Waals surface area contributed by atoms with Crippen molar-refractivity contribution in [3.8, 4) is 0 Å². The van der Waals surface area contributed by atoms with Gasteiger partial charge in [-0.3, -0.25) is 4.79 Å². The number of aromatic nitrogens is 1. The fourth-order valence-electron chi connectivity index (χ4n) is 1.95. The van der Waals surface area contributed by atoms with Crippen LogP contribution >= 0.6 is 35.3 Å². The fourth-order valence-corrected chi connectivity index (χ4v) is 3.02. The van der Waals surface area contributed by atoms with Crippen LogP contribution in [0, 0.1) is 12.8 Å². The van der Waals surface area contributed by atoms with E-state index in [4.69, 9.17) is 17.3 Å². The Labute approximate surface area is 151 Å². The number of rotatable bonds is 5. The Hall–Kier alpha value is -1.14. The Balaban J connectivity index is 0.00000264. The topological polar surface area (TPSA) is 68.0 Å². The summed E-state index contributed by atoms with van der Waals surface area (Å²) in [4.78, 5) is 17.3. The number of hydrogen-bond acceptors (Lipinski definition) is 4.